The topological polar surface area (TPSA) is 57.7 Å². The second-order valence-corrected chi connectivity index (χ2v) is 5.98. The number of hydrogen-bond donors (Lipinski definition) is 0. The summed E-state index contributed by atoms with van der Waals surface area (Å²) in [5.41, 5.74) is 0.925. The summed E-state index contributed by atoms with van der Waals surface area (Å²) in [6.45, 7) is 9.69. The van der Waals surface area contributed by atoms with Gasteiger partial charge in [0.15, 0.2) is 6.29 Å². The summed E-state index contributed by atoms with van der Waals surface area (Å²) in [6.07, 6.45) is 1.14. The van der Waals surface area contributed by atoms with Crippen LogP contribution in [0.4, 0.5) is 0 Å². The van der Waals surface area contributed by atoms with Crippen molar-refractivity contribution in [1.29, 1.82) is 0 Å². The Morgan fingerprint density at radius 2 is 1.80 bits per heavy atom. The van der Waals surface area contributed by atoms with Crippen molar-refractivity contribution in [2.45, 2.75) is 52.1 Å². The van der Waals surface area contributed by atoms with Gasteiger partial charge in [-0.2, -0.15) is 0 Å². The van der Waals surface area contributed by atoms with Crippen molar-refractivity contribution in [2.75, 3.05) is 7.11 Å². The fraction of sp³-hybridized carbons (Fsp3) is 0.600. The lowest BCUT2D eigenvalue weighted by molar-refractivity contribution is -0.0897. The monoisotopic (exact) mass is 279 g/mol. The molecule has 5 nitrogen and oxygen atoms in total. The molecule has 20 heavy (non-hydrogen) atoms. The van der Waals surface area contributed by atoms with E-state index >= 15 is 0 Å². The molecule has 5 heteroatoms. The van der Waals surface area contributed by atoms with Crippen molar-refractivity contribution < 1.29 is 19.0 Å². The number of pyridine rings is 1. The van der Waals surface area contributed by atoms with Crippen molar-refractivity contribution in [3.8, 4) is 0 Å². The first kappa shape index (κ1) is 14.9. The standard InChI is InChI=1S/C15H21NO4/c1-9-11(12(17)18-6)7-10(8-16-9)13-19-14(2,3)15(4,5)20-13/h7-8,13H,1-6H3. The largest absolute Gasteiger partial charge is 0.465 e. The Labute approximate surface area is 119 Å². The molecule has 1 fully saturated rings. The number of ether oxygens (including phenoxy) is 3. The van der Waals surface area contributed by atoms with Gasteiger partial charge < -0.3 is 14.2 Å². The van der Waals surface area contributed by atoms with Crippen molar-refractivity contribution in [3.63, 3.8) is 0 Å². The number of esters is 1. The van der Waals surface area contributed by atoms with E-state index in [-0.39, 0.29) is 0 Å². The average molecular weight is 279 g/mol. The van der Waals surface area contributed by atoms with Crippen LogP contribution in [0.3, 0.4) is 0 Å². The van der Waals surface area contributed by atoms with E-state index in [9.17, 15) is 4.79 Å². The lowest BCUT2D eigenvalue weighted by atomic mass is 9.90. The Balaban J connectivity index is 2.34. The maximum absolute atomic E-state index is 11.7. The molecule has 1 aromatic heterocycles. The lowest BCUT2D eigenvalue weighted by Gasteiger charge is -2.30. The molecule has 0 aliphatic carbocycles. The number of nitrogens with zero attached hydrogens (tertiary/aromatic N) is 1. The van der Waals surface area contributed by atoms with Crippen LogP contribution < -0.4 is 0 Å². The molecule has 110 valence electrons. The van der Waals surface area contributed by atoms with Gasteiger partial charge in [-0.05, 0) is 40.7 Å². The number of carbonyl (C=O) groups excluding carboxylic acids is 1. The maximum Gasteiger partial charge on any atom is 0.339 e. The Morgan fingerprint density at radius 1 is 1.25 bits per heavy atom. The number of rotatable bonds is 2. The van der Waals surface area contributed by atoms with Crippen molar-refractivity contribution in [1.82, 2.24) is 4.98 Å². The van der Waals surface area contributed by atoms with Crippen LogP contribution in [0.25, 0.3) is 0 Å². The zero-order chi connectivity index (χ0) is 15.1. The SMILES string of the molecule is COC(=O)c1cc(C2OC(C)(C)C(C)(C)O2)cnc1C. The highest BCUT2D eigenvalue weighted by Gasteiger charge is 2.49. The van der Waals surface area contributed by atoms with Crippen molar-refractivity contribution in [3.05, 3.63) is 29.1 Å². The molecule has 0 unspecified atom stereocenters. The molecule has 2 rings (SSSR count). The molecule has 1 saturated heterocycles. The smallest absolute Gasteiger partial charge is 0.339 e. The number of aromatic nitrogens is 1. The van der Waals surface area contributed by atoms with Crippen molar-refractivity contribution >= 4 is 5.97 Å². The van der Waals surface area contributed by atoms with Crippen LogP contribution in [0.15, 0.2) is 12.3 Å². The molecule has 0 radical (unpaired) electrons. The van der Waals surface area contributed by atoms with Crippen LogP contribution in [0.5, 0.6) is 0 Å². The molecule has 0 aromatic carbocycles. The highest BCUT2D eigenvalue weighted by Crippen LogP contribution is 2.44. The van der Waals surface area contributed by atoms with Gasteiger partial charge in [-0.3, -0.25) is 4.98 Å². The van der Waals surface area contributed by atoms with Crippen LogP contribution in [-0.2, 0) is 14.2 Å². The normalized spacial score (nSPS) is 20.9. The van der Waals surface area contributed by atoms with Gasteiger partial charge in [0.1, 0.15) is 0 Å². The molecular formula is C15H21NO4. The third-order valence-corrected chi connectivity index (χ3v) is 4.04. The minimum absolute atomic E-state index is 0.409. The second kappa shape index (κ2) is 4.82. The summed E-state index contributed by atoms with van der Waals surface area (Å²) < 4.78 is 16.6. The number of aryl methyl sites for hydroxylation is 1. The number of methoxy groups -OCH3 is 1. The van der Waals surface area contributed by atoms with E-state index in [1.807, 2.05) is 27.7 Å². The highest BCUT2D eigenvalue weighted by molar-refractivity contribution is 5.90. The Hall–Kier alpha value is -1.46. The van der Waals surface area contributed by atoms with Crippen LogP contribution in [0.2, 0.25) is 0 Å². The van der Waals surface area contributed by atoms with Crippen LogP contribution in [-0.4, -0.2) is 29.3 Å². The molecule has 0 bridgehead atoms. The van der Waals surface area contributed by atoms with Crippen LogP contribution in [0, 0.1) is 6.92 Å². The fourth-order valence-electron chi connectivity index (χ4n) is 1.97. The molecule has 1 aliphatic heterocycles. The molecule has 0 atom stereocenters. The van der Waals surface area contributed by atoms with Gasteiger partial charge in [0.25, 0.3) is 0 Å². The molecule has 0 saturated carbocycles. The summed E-state index contributed by atoms with van der Waals surface area (Å²) in [6, 6.07) is 1.72. The zero-order valence-corrected chi connectivity index (χ0v) is 12.8. The molecule has 1 aliphatic rings. The molecule has 1 aromatic rings. The lowest BCUT2D eigenvalue weighted by Crippen LogP contribution is -2.41. The highest BCUT2D eigenvalue weighted by atomic mass is 16.7. The fourth-order valence-corrected chi connectivity index (χ4v) is 1.97. The minimum Gasteiger partial charge on any atom is -0.465 e. The minimum atomic E-state index is -0.531. The Morgan fingerprint density at radius 3 is 2.30 bits per heavy atom. The van der Waals surface area contributed by atoms with E-state index < -0.39 is 23.5 Å². The van der Waals surface area contributed by atoms with Crippen molar-refractivity contribution in [2.24, 2.45) is 0 Å². The van der Waals surface area contributed by atoms with Gasteiger partial charge in [0.05, 0.1) is 29.6 Å². The number of hydrogen-bond acceptors (Lipinski definition) is 5. The Kier molecular flexibility index (Phi) is 3.60. The molecule has 0 amide bonds. The second-order valence-electron chi connectivity index (χ2n) is 5.98. The first-order chi connectivity index (χ1) is 9.18. The number of carbonyl (C=O) groups is 1. The summed E-state index contributed by atoms with van der Waals surface area (Å²) >= 11 is 0. The van der Waals surface area contributed by atoms with Crippen LogP contribution >= 0.6 is 0 Å². The average Bonchev–Trinajstić information content (AvgIpc) is 2.58. The van der Waals surface area contributed by atoms with E-state index in [0.717, 1.165) is 5.56 Å². The van der Waals surface area contributed by atoms with Gasteiger partial charge in [0, 0.05) is 11.8 Å². The van der Waals surface area contributed by atoms with E-state index in [1.165, 1.54) is 7.11 Å². The molecular weight excluding hydrogens is 258 g/mol. The maximum atomic E-state index is 11.7. The van der Waals surface area contributed by atoms with Crippen LogP contribution in [0.1, 0.15) is 55.6 Å². The van der Waals surface area contributed by atoms with Gasteiger partial charge in [-0.15, -0.1) is 0 Å². The predicted octanol–water partition coefficient (Wildman–Crippen LogP) is 2.78. The summed E-state index contributed by atoms with van der Waals surface area (Å²) in [4.78, 5) is 15.9. The van der Waals surface area contributed by atoms with Gasteiger partial charge in [-0.25, -0.2) is 4.79 Å². The third-order valence-electron chi connectivity index (χ3n) is 4.04. The molecule has 2 heterocycles. The van der Waals surface area contributed by atoms with E-state index in [1.54, 1.807) is 19.2 Å². The first-order valence-corrected chi connectivity index (χ1v) is 6.58. The summed E-state index contributed by atoms with van der Waals surface area (Å²) in [7, 11) is 1.35. The van der Waals surface area contributed by atoms with E-state index in [4.69, 9.17) is 14.2 Å². The molecule has 0 N–H and O–H groups in total. The quantitative estimate of drug-likeness (QED) is 0.779. The molecule has 0 spiro atoms. The summed E-state index contributed by atoms with van der Waals surface area (Å²) in [5.74, 6) is -0.409. The zero-order valence-electron chi connectivity index (χ0n) is 12.8. The van der Waals surface area contributed by atoms with E-state index in [0.29, 0.717) is 11.3 Å². The summed E-state index contributed by atoms with van der Waals surface area (Å²) in [5, 5.41) is 0. The Bertz CT molecular complexity index is 521. The van der Waals surface area contributed by atoms with E-state index in [2.05, 4.69) is 4.98 Å². The van der Waals surface area contributed by atoms with Gasteiger partial charge >= 0.3 is 5.97 Å². The van der Waals surface area contributed by atoms with Gasteiger partial charge in [0.2, 0.25) is 0 Å². The predicted molar refractivity (Wildman–Crippen MR) is 73.4 cm³/mol. The third kappa shape index (κ3) is 2.43. The first-order valence-electron chi connectivity index (χ1n) is 6.58. The van der Waals surface area contributed by atoms with Gasteiger partial charge in [-0.1, -0.05) is 0 Å².